The lowest BCUT2D eigenvalue weighted by Crippen LogP contribution is -2.39. The second-order valence-electron chi connectivity index (χ2n) is 5.77. The summed E-state index contributed by atoms with van der Waals surface area (Å²) in [5.74, 6) is -16.5. The molecular weight excluding hydrogens is 414 g/mol. The predicted octanol–water partition coefficient (Wildman–Crippen LogP) is 4.53. The van der Waals surface area contributed by atoms with Crippen LogP contribution in [0.5, 0.6) is 0 Å². The maximum Gasteiger partial charge on any atom is 0.461 e. The zero-order valence-electron chi connectivity index (χ0n) is 13.6. The summed E-state index contributed by atoms with van der Waals surface area (Å²) in [6.07, 6.45) is -12.6. The monoisotopic (exact) mass is 424 g/mol. The highest BCUT2D eigenvalue weighted by Crippen LogP contribution is 2.47. The van der Waals surface area contributed by atoms with Gasteiger partial charge in [0.15, 0.2) is 0 Å². The molecule has 0 spiro atoms. The zero-order valence-corrected chi connectivity index (χ0v) is 13.6. The number of hydrogen-bond acceptors (Lipinski definition) is 3. The maximum atomic E-state index is 13.7. The molecule has 14 heteroatoms. The van der Waals surface area contributed by atoms with Crippen molar-refractivity contribution in [3.63, 3.8) is 0 Å². The van der Waals surface area contributed by atoms with Crippen molar-refractivity contribution >= 4 is 5.69 Å². The molecule has 0 atom stereocenters. The lowest BCUT2D eigenvalue weighted by molar-refractivity contribution is -0.297. The number of nitrogens with zero attached hydrogens (tertiary/aromatic N) is 3. The van der Waals surface area contributed by atoms with E-state index in [4.69, 9.17) is 5.73 Å². The van der Waals surface area contributed by atoms with Crippen molar-refractivity contribution in [2.45, 2.75) is 37.7 Å². The molecule has 0 aliphatic heterocycles. The van der Waals surface area contributed by atoms with Crippen LogP contribution >= 0.6 is 0 Å². The largest absolute Gasteiger partial charge is 0.461 e. The number of aromatic nitrogens is 3. The molecule has 0 saturated heterocycles. The van der Waals surface area contributed by atoms with Crippen LogP contribution in [0.25, 0.3) is 0 Å². The van der Waals surface area contributed by atoms with E-state index in [-0.39, 0.29) is 11.3 Å². The van der Waals surface area contributed by atoms with Crippen molar-refractivity contribution in [1.82, 2.24) is 14.8 Å². The summed E-state index contributed by atoms with van der Waals surface area (Å²) in [5, 5.41) is 4.62. The van der Waals surface area contributed by atoms with Crippen molar-refractivity contribution in [3.8, 4) is 0 Å². The lowest BCUT2D eigenvalue weighted by atomic mass is 10.1. The van der Waals surface area contributed by atoms with Crippen molar-refractivity contribution in [1.29, 1.82) is 0 Å². The fourth-order valence-corrected chi connectivity index (χ4v) is 2.19. The van der Waals surface area contributed by atoms with E-state index < -0.39 is 47.0 Å². The van der Waals surface area contributed by atoms with E-state index in [9.17, 15) is 43.9 Å². The Hall–Kier alpha value is -2.54. The summed E-state index contributed by atoms with van der Waals surface area (Å²) >= 11 is 0. The predicted molar refractivity (Wildman–Crippen MR) is 74.6 cm³/mol. The van der Waals surface area contributed by atoms with E-state index in [0.717, 1.165) is 12.1 Å². The number of anilines is 1. The summed E-state index contributed by atoms with van der Waals surface area (Å²) in [7, 11) is 0. The van der Waals surface area contributed by atoms with Gasteiger partial charge in [-0.1, -0.05) is 12.1 Å². The molecule has 1 aromatic heterocycles. The van der Waals surface area contributed by atoms with Gasteiger partial charge in [-0.15, -0.1) is 10.2 Å². The molecule has 2 N–H and O–H groups in total. The van der Waals surface area contributed by atoms with Gasteiger partial charge in [0, 0.05) is 5.69 Å². The average molecular weight is 424 g/mol. The molecule has 1 aromatic carbocycles. The second-order valence-corrected chi connectivity index (χ2v) is 5.77. The van der Waals surface area contributed by atoms with Gasteiger partial charge in [0.1, 0.15) is 0 Å². The normalized spacial score (nSPS) is 13.8. The molecule has 28 heavy (non-hydrogen) atoms. The Bertz CT molecular complexity index is 822. The molecule has 2 aromatic rings. The molecular formula is C14H10F10N4. The van der Waals surface area contributed by atoms with Gasteiger partial charge in [-0.2, -0.15) is 43.9 Å². The van der Waals surface area contributed by atoms with E-state index in [1.807, 2.05) is 0 Å². The first kappa shape index (κ1) is 21.8. The van der Waals surface area contributed by atoms with E-state index >= 15 is 0 Å². The van der Waals surface area contributed by atoms with Crippen LogP contribution in [0.4, 0.5) is 49.6 Å². The van der Waals surface area contributed by atoms with E-state index in [1.54, 1.807) is 0 Å². The van der Waals surface area contributed by atoms with Crippen LogP contribution in [0, 0.1) is 6.92 Å². The summed E-state index contributed by atoms with van der Waals surface area (Å²) in [6, 6.07) is 3.37. The van der Waals surface area contributed by atoms with Crippen LogP contribution in [0.3, 0.4) is 0 Å². The molecule has 0 aliphatic carbocycles. The molecule has 0 saturated carbocycles. The van der Waals surface area contributed by atoms with Crippen LogP contribution in [0.15, 0.2) is 18.2 Å². The first-order valence-electron chi connectivity index (χ1n) is 7.18. The number of nitrogen functional groups attached to an aromatic ring is 1. The second kappa shape index (κ2) is 6.51. The van der Waals surface area contributed by atoms with Crippen LogP contribution in [0.1, 0.15) is 22.8 Å². The van der Waals surface area contributed by atoms with Gasteiger partial charge < -0.3 is 5.73 Å². The van der Waals surface area contributed by atoms with Crippen molar-refractivity contribution < 1.29 is 43.9 Å². The SMILES string of the molecule is Cc1cc(Cn2c(C(F)(F)C(F)(F)F)nnc2C(F)(F)C(F)(F)F)ccc1N. The molecule has 0 fully saturated rings. The lowest BCUT2D eigenvalue weighted by Gasteiger charge is -2.23. The molecule has 0 aliphatic rings. The van der Waals surface area contributed by atoms with Gasteiger partial charge in [-0.3, -0.25) is 4.57 Å². The quantitative estimate of drug-likeness (QED) is 0.580. The molecule has 2 rings (SSSR count). The van der Waals surface area contributed by atoms with E-state index in [2.05, 4.69) is 10.2 Å². The number of benzene rings is 1. The van der Waals surface area contributed by atoms with Crippen molar-refractivity contribution in [3.05, 3.63) is 41.0 Å². The summed E-state index contributed by atoms with van der Waals surface area (Å²) in [6.45, 7) is 0.192. The third-order valence-electron chi connectivity index (χ3n) is 3.70. The van der Waals surface area contributed by atoms with Crippen LogP contribution in [-0.2, 0) is 18.4 Å². The van der Waals surface area contributed by atoms with Crippen LogP contribution in [0.2, 0.25) is 0 Å². The highest BCUT2D eigenvalue weighted by Gasteiger charge is 2.66. The number of alkyl halides is 10. The Labute approximate surface area is 150 Å². The highest BCUT2D eigenvalue weighted by atomic mass is 19.4. The Morgan fingerprint density at radius 3 is 1.61 bits per heavy atom. The summed E-state index contributed by atoms with van der Waals surface area (Å²) in [4.78, 5) is 0. The molecule has 156 valence electrons. The smallest absolute Gasteiger partial charge is 0.399 e. The van der Waals surface area contributed by atoms with Gasteiger partial charge in [0.2, 0.25) is 11.6 Å². The average Bonchev–Trinajstić information content (AvgIpc) is 2.93. The molecule has 0 unspecified atom stereocenters. The van der Waals surface area contributed by atoms with Crippen LogP contribution < -0.4 is 5.73 Å². The van der Waals surface area contributed by atoms with Gasteiger partial charge in [0.05, 0.1) is 6.54 Å². The highest BCUT2D eigenvalue weighted by molar-refractivity contribution is 5.47. The molecule has 0 amide bonds. The standard InChI is InChI=1S/C14H10F10N4/c1-6-4-7(2-3-8(6)25)5-28-9(11(15,16)13(19,20)21)26-27-10(28)12(17,18)14(22,23)24/h2-4H,5,25H2,1H3. The van der Waals surface area contributed by atoms with Gasteiger partial charge in [-0.05, 0) is 24.1 Å². The van der Waals surface area contributed by atoms with Crippen LogP contribution in [-0.4, -0.2) is 27.1 Å². The summed E-state index contributed by atoms with van der Waals surface area (Å²) in [5.41, 5.74) is 5.80. The first-order chi connectivity index (χ1) is 12.5. The number of nitrogens with two attached hydrogens (primary N) is 1. The zero-order chi connectivity index (χ0) is 21.7. The Balaban J connectivity index is 2.71. The Morgan fingerprint density at radius 1 is 0.821 bits per heavy atom. The number of rotatable bonds is 4. The Kier molecular flexibility index (Phi) is 5.06. The minimum Gasteiger partial charge on any atom is -0.399 e. The van der Waals surface area contributed by atoms with Crippen molar-refractivity contribution in [2.24, 2.45) is 0 Å². The molecule has 0 radical (unpaired) electrons. The van der Waals surface area contributed by atoms with E-state index in [1.165, 1.54) is 13.0 Å². The maximum absolute atomic E-state index is 13.7. The first-order valence-corrected chi connectivity index (χ1v) is 7.18. The van der Waals surface area contributed by atoms with Crippen molar-refractivity contribution in [2.75, 3.05) is 5.73 Å². The molecule has 0 bridgehead atoms. The minimum absolute atomic E-state index is 0.175. The summed E-state index contributed by atoms with van der Waals surface area (Å²) < 4.78 is 130. The van der Waals surface area contributed by atoms with Gasteiger partial charge >= 0.3 is 24.2 Å². The number of hydrogen-bond donors (Lipinski definition) is 1. The molecule has 1 heterocycles. The number of aryl methyl sites for hydroxylation is 1. The fraction of sp³-hybridized carbons (Fsp3) is 0.429. The van der Waals surface area contributed by atoms with Gasteiger partial charge in [0.25, 0.3) is 0 Å². The third kappa shape index (κ3) is 3.58. The molecule has 4 nitrogen and oxygen atoms in total. The third-order valence-corrected chi connectivity index (χ3v) is 3.70. The van der Waals surface area contributed by atoms with Gasteiger partial charge in [-0.25, -0.2) is 0 Å². The topological polar surface area (TPSA) is 56.7 Å². The number of halogens is 10. The Morgan fingerprint density at radius 2 is 1.25 bits per heavy atom. The van der Waals surface area contributed by atoms with E-state index in [0.29, 0.717) is 5.56 Å². The fourth-order valence-electron chi connectivity index (χ4n) is 2.19. The minimum atomic E-state index is -6.31.